The maximum absolute atomic E-state index is 6.08. The van der Waals surface area contributed by atoms with E-state index in [0.29, 0.717) is 5.11 Å². The highest BCUT2D eigenvalue weighted by Gasteiger charge is 2.41. The molecule has 1 fully saturated rings. The third-order valence-corrected chi connectivity index (χ3v) is 7.43. The molecule has 0 amide bonds. The van der Waals surface area contributed by atoms with E-state index in [1.54, 1.807) is 11.3 Å². The van der Waals surface area contributed by atoms with Crippen molar-refractivity contribution in [1.82, 2.24) is 10.3 Å². The van der Waals surface area contributed by atoms with Crippen LogP contribution in [0.3, 0.4) is 0 Å². The maximum atomic E-state index is 6.08. The summed E-state index contributed by atoms with van der Waals surface area (Å²) < 4.78 is 7.17. The molecular formula is C25H20BrN3OS2. The molecule has 5 rings (SSSR count). The molecule has 2 atom stereocenters. The van der Waals surface area contributed by atoms with Crippen molar-refractivity contribution in [3.63, 3.8) is 0 Å². The predicted molar refractivity (Wildman–Crippen MR) is 138 cm³/mol. The van der Waals surface area contributed by atoms with Gasteiger partial charge in [-0.05, 0) is 95.2 Å². The highest BCUT2D eigenvalue weighted by atomic mass is 79.9. The molecule has 1 aliphatic heterocycles. The number of hydrogen-bond donors (Lipinski definition) is 1. The Balaban J connectivity index is 1.48. The second-order valence-corrected chi connectivity index (χ2v) is 10.4. The van der Waals surface area contributed by atoms with E-state index in [-0.39, 0.29) is 12.1 Å². The first-order valence-corrected chi connectivity index (χ1v) is 12.2. The van der Waals surface area contributed by atoms with Crippen molar-refractivity contribution >= 4 is 50.3 Å². The fourth-order valence-electron chi connectivity index (χ4n) is 3.88. The summed E-state index contributed by atoms with van der Waals surface area (Å²) in [6.45, 7) is 2.04. The van der Waals surface area contributed by atoms with Gasteiger partial charge in [0.05, 0.1) is 21.6 Å². The quantitative estimate of drug-likeness (QED) is 0.281. The van der Waals surface area contributed by atoms with E-state index < -0.39 is 0 Å². The molecule has 0 bridgehead atoms. The van der Waals surface area contributed by atoms with Crippen molar-refractivity contribution in [2.75, 3.05) is 4.90 Å². The SMILES string of the molecule is Cc1ccccc1Oc1ccc(N2C(=S)N[C@H](c3ccccn3)[C@H]2c2ccc(Br)s2)cc1. The number of hydrogen-bond acceptors (Lipinski definition) is 4. The Labute approximate surface area is 205 Å². The van der Waals surface area contributed by atoms with Crippen LogP contribution in [0.25, 0.3) is 0 Å². The second-order valence-electron chi connectivity index (χ2n) is 7.50. The van der Waals surface area contributed by atoms with Crippen molar-refractivity contribution < 1.29 is 4.74 Å². The molecule has 0 unspecified atom stereocenters. The molecule has 0 spiro atoms. The van der Waals surface area contributed by atoms with Gasteiger partial charge in [0, 0.05) is 16.8 Å². The number of aryl methyl sites for hydroxylation is 1. The molecule has 1 N–H and O–H groups in total. The molecule has 7 heteroatoms. The average molecular weight is 522 g/mol. The highest BCUT2D eigenvalue weighted by molar-refractivity contribution is 9.11. The fourth-order valence-corrected chi connectivity index (χ4v) is 5.78. The minimum atomic E-state index is -0.0443. The summed E-state index contributed by atoms with van der Waals surface area (Å²) in [5.74, 6) is 1.65. The van der Waals surface area contributed by atoms with E-state index in [9.17, 15) is 0 Å². The lowest BCUT2D eigenvalue weighted by atomic mass is 10.0. The standard InChI is InChI=1S/C25H20BrN3OS2/c1-16-6-2-3-8-20(16)30-18-11-9-17(10-12-18)29-24(21-13-14-22(26)32-21)23(28-25(29)31)19-7-4-5-15-27-19/h2-15,23-24H,1H3,(H,28,31)/t23-,24-/m1/s1. The maximum Gasteiger partial charge on any atom is 0.174 e. The van der Waals surface area contributed by atoms with Gasteiger partial charge < -0.3 is 15.0 Å². The number of benzene rings is 2. The number of nitrogens with zero attached hydrogens (tertiary/aromatic N) is 2. The van der Waals surface area contributed by atoms with Crippen molar-refractivity contribution in [1.29, 1.82) is 0 Å². The number of ether oxygens (including phenoxy) is 1. The summed E-state index contributed by atoms with van der Waals surface area (Å²) >= 11 is 11.1. The molecule has 1 saturated heterocycles. The molecule has 4 nitrogen and oxygen atoms in total. The van der Waals surface area contributed by atoms with Crippen LogP contribution in [0.4, 0.5) is 5.69 Å². The lowest BCUT2D eigenvalue weighted by molar-refractivity contribution is 0.479. The molecule has 0 radical (unpaired) electrons. The van der Waals surface area contributed by atoms with Crippen LogP contribution in [0.2, 0.25) is 0 Å². The molecule has 160 valence electrons. The smallest absolute Gasteiger partial charge is 0.174 e. The van der Waals surface area contributed by atoms with Crippen LogP contribution in [-0.4, -0.2) is 10.1 Å². The highest BCUT2D eigenvalue weighted by Crippen LogP contribution is 2.44. The average Bonchev–Trinajstić information content (AvgIpc) is 3.39. The number of pyridine rings is 1. The number of aromatic nitrogens is 1. The van der Waals surface area contributed by atoms with E-state index in [2.05, 4.69) is 55.4 Å². The molecule has 0 saturated carbocycles. The normalized spacial score (nSPS) is 17.9. The van der Waals surface area contributed by atoms with E-state index in [1.807, 2.05) is 67.7 Å². The van der Waals surface area contributed by atoms with Gasteiger partial charge in [-0.15, -0.1) is 11.3 Å². The molecule has 1 aliphatic rings. The van der Waals surface area contributed by atoms with Gasteiger partial charge in [-0.3, -0.25) is 4.98 Å². The third kappa shape index (κ3) is 4.16. The first-order chi connectivity index (χ1) is 15.6. The summed E-state index contributed by atoms with van der Waals surface area (Å²) in [6.07, 6.45) is 1.82. The van der Waals surface area contributed by atoms with Crippen LogP contribution in [0.15, 0.2) is 88.8 Å². The van der Waals surface area contributed by atoms with Crippen LogP contribution < -0.4 is 15.0 Å². The van der Waals surface area contributed by atoms with Gasteiger partial charge >= 0.3 is 0 Å². The largest absolute Gasteiger partial charge is 0.457 e. The lowest BCUT2D eigenvalue weighted by Gasteiger charge is -2.27. The zero-order valence-corrected chi connectivity index (χ0v) is 20.5. The van der Waals surface area contributed by atoms with Crippen LogP contribution in [0.5, 0.6) is 11.5 Å². The zero-order valence-electron chi connectivity index (χ0n) is 17.2. The summed E-state index contributed by atoms with van der Waals surface area (Å²) in [7, 11) is 0. The van der Waals surface area contributed by atoms with Crippen LogP contribution >= 0.6 is 39.5 Å². The second kappa shape index (κ2) is 9.02. The summed E-state index contributed by atoms with van der Waals surface area (Å²) in [5, 5.41) is 4.18. The number of anilines is 1. The van der Waals surface area contributed by atoms with Crippen molar-refractivity contribution in [2.45, 2.75) is 19.0 Å². The Hall–Kier alpha value is -2.74. The summed E-state index contributed by atoms with van der Waals surface area (Å²) in [6, 6.07) is 26.2. The van der Waals surface area contributed by atoms with Crippen LogP contribution in [-0.2, 0) is 0 Å². The van der Waals surface area contributed by atoms with E-state index >= 15 is 0 Å². The number of para-hydroxylation sites is 1. The topological polar surface area (TPSA) is 37.4 Å². The van der Waals surface area contributed by atoms with Crippen molar-refractivity contribution in [3.8, 4) is 11.5 Å². The van der Waals surface area contributed by atoms with Crippen LogP contribution in [0, 0.1) is 6.92 Å². The predicted octanol–water partition coefficient (Wildman–Crippen LogP) is 7.18. The molecule has 2 aromatic carbocycles. The number of rotatable bonds is 5. The Morgan fingerprint density at radius 1 is 1.00 bits per heavy atom. The summed E-state index contributed by atoms with van der Waals surface area (Å²) in [5.41, 5.74) is 3.07. The molecule has 2 aromatic heterocycles. The van der Waals surface area contributed by atoms with Gasteiger partial charge in [0.1, 0.15) is 11.5 Å². The van der Waals surface area contributed by atoms with E-state index in [4.69, 9.17) is 17.0 Å². The van der Waals surface area contributed by atoms with Gasteiger partial charge in [0.25, 0.3) is 0 Å². The summed E-state index contributed by atoms with van der Waals surface area (Å²) in [4.78, 5) is 7.98. The Morgan fingerprint density at radius 3 is 2.47 bits per heavy atom. The number of thiocarbonyl (C=S) groups is 1. The molecular weight excluding hydrogens is 502 g/mol. The van der Waals surface area contributed by atoms with Gasteiger partial charge in [-0.1, -0.05) is 24.3 Å². The molecule has 32 heavy (non-hydrogen) atoms. The Bertz CT molecular complexity index is 1240. The van der Waals surface area contributed by atoms with Gasteiger partial charge in [-0.2, -0.15) is 0 Å². The molecule has 3 heterocycles. The van der Waals surface area contributed by atoms with Crippen LogP contribution in [0.1, 0.15) is 28.2 Å². The Kier molecular flexibility index (Phi) is 5.95. The van der Waals surface area contributed by atoms with E-state index in [0.717, 1.165) is 32.2 Å². The van der Waals surface area contributed by atoms with E-state index in [1.165, 1.54) is 4.88 Å². The number of thiophene rings is 1. The Morgan fingerprint density at radius 2 is 1.78 bits per heavy atom. The minimum absolute atomic E-state index is 0.00293. The van der Waals surface area contributed by atoms with Gasteiger partial charge in [0.2, 0.25) is 0 Å². The molecule has 4 aromatic rings. The lowest BCUT2D eigenvalue weighted by Crippen LogP contribution is -2.28. The number of halogens is 1. The number of nitrogens with one attached hydrogen (secondary N) is 1. The minimum Gasteiger partial charge on any atom is -0.457 e. The first kappa shape index (κ1) is 21.1. The van der Waals surface area contributed by atoms with Gasteiger partial charge in [-0.25, -0.2) is 0 Å². The van der Waals surface area contributed by atoms with Gasteiger partial charge in [0.15, 0.2) is 5.11 Å². The third-order valence-electron chi connectivity index (χ3n) is 5.42. The zero-order chi connectivity index (χ0) is 22.1. The fraction of sp³-hybridized carbons (Fsp3) is 0.120. The molecule has 0 aliphatic carbocycles. The van der Waals surface area contributed by atoms with Crippen molar-refractivity contribution in [3.05, 3.63) is 105 Å². The first-order valence-electron chi connectivity index (χ1n) is 10.2. The monoisotopic (exact) mass is 521 g/mol. The van der Waals surface area contributed by atoms with Crippen molar-refractivity contribution in [2.24, 2.45) is 0 Å².